The average molecular weight is 602 g/mol. The lowest BCUT2D eigenvalue weighted by molar-refractivity contribution is 0.0951. The summed E-state index contributed by atoms with van der Waals surface area (Å²) in [6.45, 7) is 3.10. The predicted octanol–water partition coefficient (Wildman–Crippen LogP) is 6.06. The van der Waals surface area contributed by atoms with E-state index in [0.29, 0.717) is 18.7 Å². The van der Waals surface area contributed by atoms with E-state index in [0.717, 1.165) is 81.2 Å². The Labute approximate surface area is 263 Å². The van der Waals surface area contributed by atoms with Crippen molar-refractivity contribution >= 4 is 28.0 Å². The Morgan fingerprint density at radius 3 is 1.73 bits per heavy atom. The molecule has 0 unspecified atom stereocenters. The fraction of sp³-hybridized carbons (Fsp3) is 0.250. The SMILES string of the molecule is CN(C)CCCOc1ccc(-c2nc3cc(-c4ccc5[nH]c(-c6ccc(C(=O)NCCN(C)C)cc6)nc5c4)ccc3[nH]2)cc1. The van der Waals surface area contributed by atoms with E-state index in [1.54, 1.807) is 0 Å². The van der Waals surface area contributed by atoms with Crippen LogP contribution >= 0.6 is 0 Å². The smallest absolute Gasteiger partial charge is 0.251 e. The molecule has 4 aromatic carbocycles. The summed E-state index contributed by atoms with van der Waals surface area (Å²) >= 11 is 0. The van der Waals surface area contributed by atoms with Gasteiger partial charge >= 0.3 is 0 Å². The zero-order valence-corrected chi connectivity index (χ0v) is 26.2. The van der Waals surface area contributed by atoms with Gasteiger partial charge in [-0.3, -0.25) is 4.79 Å². The zero-order valence-electron chi connectivity index (χ0n) is 26.2. The lowest BCUT2D eigenvalue weighted by atomic mass is 10.0. The molecule has 0 bridgehead atoms. The Morgan fingerprint density at radius 1 is 0.689 bits per heavy atom. The first kappa shape index (κ1) is 30.1. The van der Waals surface area contributed by atoms with E-state index in [9.17, 15) is 4.79 Å². The third kappa shape index (κ3) is 7.22. The molecule has 0 saturated heterocycles. The first-order valence-electron chi connectivity index (χ1n) is 15.2. The van der Waals surface area contributed by atoms with E-state index in [4.69, 9.17) is 14.7 Å². The van der Waals surface area contributed by atoms with Crippen LogP contribution < -0.4 is 10.1 Å². The van der Waals surface area contributed by atoms with Gasteiger partial charge in [0.15, 0.2) is 0 Å². The number of carbonyl (C=O) groups excluding carboxylic acids is 1. The van der Waals surface area contributed by atoms with Crippen molar-refractivity contribution < 1.29 is 9.53 Å². The van der Waals surface area contributed by atoms with Crippen molar-refractivity contribution in [3.63, 3.8) is 0 Å². The quantitative estimate of drug-likeness (QED) is 0.147. The number of aromatic amines is 2. The molecule has 3 N–H and O–H groups in total. The van der Waals surface area contributed by atoms with E-state index in [-0.39, 0.29) is 5.91 Å². The molecule has 230 valence electrons. The van der Waals surface area contributed by atoms with Gasteiger partial charge in [-0.05, 0) is 106 Å². The van der Waals surface area contributed by atoms with Gasteiger partial charge in [0.25, 0.3) is 5.91 Å². The van der Waals surface area contributed by atoms with E-state index in [1.807, 2.05) is 67.5 Å². The van der Waals surface area contributed by atoms with Gasteiger partial charge in [-0.25, -0.2) is 9.97 Å². The van der Waals surface area contributed by atoms with Crippen molar-refractivity contribution in [2.45, 2.75) is 6.42 Å². The maximum atomic E-state index is 12.4. The monoisotopic (exact) mass is 601 g/mol. The van der Waals surface area contributed by atoms with Gasteiger partial charge in [-0.2, -0.15) is 0 Å². The molecule has 1 amide bonds. The number of benzene rings is 4. The second kappa shape index (κ2) is 13.3. The van der Waals surface area contributed by atoms with Gasteiger partial charge in [0.2, 0.25) is 0 Å². The number of imidazole rings is 2. The Morgan fingerprint density at radius 2 is 1.20 bits per heavy atom. The number of ether oxygens (including phenoxy) is 1. The van der Waals surface area contributed by atoms with Crippen LogP contribution in [0.15, 0.2) is 84.9 Å². The van der Waals surface area contributed by atoms with Crippen LogP contribution in [0.1, 0.15) is 16.8 Å². The average Bonchev–Trinajstić information content (AvgIpc) is 3.67. The Kier molecular flexibility index (Phi) is 8.91. The summed E-state index contributed by atoms with van der Waals surface area (Å²) in [6.07, 6.45) is 0.988. The first-order valence-corrected chi connectivity index (χ1v) is 15.2. The highest BCUT2D eigenvalue weighted by Crippen LogP contribution is 2.30. The van der Waals surface area contributed by atoms with Crippen molar-refractivity contribution in [3.8, 4) is 39.7 Å². The highest BCUT2D eigenvalue weighted by molar-refractivity contribution is 5.95. The number of amides is 1. The van der Waals surface area contributed by atoms with Crippen molar-refractivity contribution in [2.75, 3.05) is 54.4 Å². The van der Waals surface area contributed by atoms with Crippen LogP contribution in [0.25, 0.3) is 56.0 Å². The number of likely N-dealkylation sites (N-methyl/N-ethyl adjacent to an activating group) is 1. The standard InChI is InChI=1S/C36H39N7O2/c1-42(2)19-5-21-45-29-14-10-25(11-15-29)35-39-31-17-13-28(23-33(31)41-35)27-12-16-30-32(22-27)40-34(38-30)24-6-8-26(9-7-24)36(44)37-18-20-43(3)4/h6-17,22-23H,5,18-21H2,1-4H3,(H,37,44)(H,38,40)(H,39,41). The van der Waals surface area contributed by atoms with Crippen molar-refractivity contribution in [1.29, 1.82) is 0 Å². The van der Waals surface area contributed by atoms with Crippen molar-refractivity contribution in [2.24, 2.45) is 0 Å². The fourth-order valence-electron chi connectivity index (χ4n) is 5.20. The molecule has 0 aliphatic rings. The molecule has 45 heavy (non-hydrogen) atoms. The van der Waals surface area contributed by atoms with E-state index in [2.05, 4.69) is 70.7 Å². The van der Waals surface area contributed by atoms with Crippen LogP contribution in [0.4, 0.5) is 0 Å². The lowest BCUT2D eigenvalue weighted by Crippen LogP contribution is -2.31. The van der Waals surface area contributed by atoms with Crippen LogP contribution in [0, 0.1) is 0 Å². The van der Waals surface area contributed by atoms with Crippen LogP contribution in [0.3, 0.4) is 0 Å². The molecule has 6 aromatic rings. The number of nitrogens with zero attached hydrogens (tertiary/aromatic N) is 4. The van der Waals surface area contributed by atoms with Gasteiger partial charge in [0, 0.05) is 36.3 Å². The molecule has 0 spiro atoms. The first-order chi connectivity index (χ1) is 21.8. The Hall–Kier alpha value is -4.99. The van der Waals surface area contributed by atoms with E-state index < -0.39 is 0 Å². The highest BCUT2D eigenvalue weighted by Gasteiger charge is 2.12. The molecule has 0 radical (unpaired) electrons. The normalized spacial score (nSPS) is 11.6. The molecule has 9 heteroatoms. The number of carbonyl (C=O) groups is 1. The molecule has 9 nitrogen and oxygen atoms in total. The molecular formula is C36H39N7O2. The lowest BCUT2D eigenvalue weighted by Gasteiger charge is -2.10. The Balaban J connectivity index is 1.15. The summed E-state index contributed by atoms with van der Waals surface area (Å²) in [4.78, 5) is 33.3. The minimum atomic E-state index is -0.0761. The number of nitrogens with one attached hydrogen (secondary N) is 3. The second-order valence-corrected chi connectivity index (χ2v) is 11.8. The van der Waals surface area contributed by atoms with Crippen LogP contribution in [-0.2, 0) is 0 Å². The highest BCUT2D eigenvalue weighted by atomic mass is 16.5. The molecule has 0 aliphatic heterocycles. The summed E-state index contributed by atoms with van der Waals surface area (Å²) in [5.74, 6) is 2.38. The third-order valence-corrected chi connectivity index (χ3v) is 7.71. The van der Waals surface area contributed by atoms with Crippen LogP contribution in [0.2, 0.25) is 0 Å². The topological polar surface area (TPSA) is 102 Å². The predicted molar refractivity (Wildman–Crippen MR) is 182 cm³/mol. The summed E-state index contributed by atoms with van der Waals surface area (Å²) in [5.41, 5.74) is 8.41. The fourth-order valence-corrected chi connectivity index (χ4v) is 5.20. The maximum absolute atomic E-state index is 12.4. The number of aromatic nitrogens is 4. The Bertz CT molecular complexity index is 1900. The number of hydrogen-bond donors (Lipinski definition) is 3. The van der Waals surface area contributed by atoms with Gasteiger partial charge in [0.05, 0.1) is 28.7 Å². The summed E-state index contributed by atoms with van der Waals surface area (Å²) in [5, 5.41) is 2.95. The van der Waals surface area contributed by atoms with Gasteiger partial charge < -0.3 is 29.8 Å². The minimum Gasteiger partial charge on any atom is -0.494 e. The van der Waals surface area contributed by atoms with E-state index >= 15 is 0 Å². The molecule has 6 rings (SSSR count). The summed E-state index contributed by atoms with van der Waals surface area (Å²) < 4.78 is 5.88. The van der Waals surface area contributed by atoms with Gasteiger partial charge in [0.1, 0.15) is 17.4 Å². The number of rotatable bonds is 12. The van der Waals surface area contributed by atoms with Crippen LogP contribution in [0.5, 0.6) is 5.75 Å². The van der Waals surface area contributed by atoms with Gasteiger partial charge in [-0.15, -0.1) is 0 Å². The zero-order chi connectivity index (χ0) is 31.3. The molecule has 0 aliphatic carbocycles. The second-order valence-electron chi connectivity index (χ2n) is 11.8. The van der Waals surface area contributed by atoms with Crippen LogP contribution in [-0.4, -0.2) is 90.1 Å². The largest absolute Gasteiger partial charge is 0.494 e. The van der Waals surface area contributed by atoms with Crippen molar-refractivity contribution in [3.05, 3.63) is 90.5 Å². The number of H-pyrrole nitrogens is 2. The molecule has 0 saturated carbocycles. The summed E-state index contributed by atoms with van der Waals surface area (Å²) in [7, 11) is 8.10. The number of hydrogen-bond acceptors (Lipinski definition) is 6. The molecular weight excluding hydrogens is 562 g/mol. The molecule has 0 atom stereocenters. The maximum Gasteiger partial charge on any atom is 0.251 e. The molecule has 0 fully saturated rings. The van der Waals surface area contributed by atoms with Crippen molar-refractivity contribution in [1.82, 2.24) is 35.1 Å². The molecule has 2 aromatic heterocycles. The van der Waals surface area contributed by atoms with E-state index in [1.165, 1.54) is 0 Å². The minimum absolute atomic E-state index is 0.0761. The summed E-state index contributed by atoms with van der Waals surface area (Å²) in [6, 6.07) is 28.1. The number of fused-ring (bicyclic) bond motifs is 2. The van der Waals surface area contributed by atoms with Gasteiger partial charge in [-0.1, -0.05) is 24.3 Å². The third-order valence-electron chi connectivity index (χ3n) is 7.71. The molecule has 2 heterocycles.